The van der Waals surface area contributed by atoms with Crippen molar-refractivity contribution < 1.29 is 131 Å². The smallest absolute Gasteiger partial charge is 0.328 e. The number of aliphatic hydroxyl groups excluding tert-OH is 2. The number of aliphatic hydroxyl groups is 2. The van der Waals surface area contributed by atoms with Crippen LogP contribution in [0.15, 0.2) is 0 Å². The summed E-state index contributed by atoms with van der Waals surface area (Å²) in [4.78, 5) is 306. The van der Waals surface area contributed by atoms with E-state index in [1.54, 1.807) is 117 Å². The second kappa shape index (κ2) is 64.1. The quantitative estimate of drug-likeness (QED) is 0.0252. The molecule has 0 fully saturated rings. The summed E-state index contributed by atoms with van der Waals surface area (Å²) in [5, 5.41) is 87.1. The van der Waals surface area contributed by atoms with Gasteiger partial charge in [0, 0.05) is 6.42 Å². The van der Waals surface area contributed by atoms with Crippen molar-refractivity contribution >= 4 is 148 Å². The molecule has 0 aromatic carbocycles. The van der Waals surface area contributed by atoms with E-state index in [4.69, 9.17) is 16.6 Å². The zero-order valence-electron chi connectivity index (χ0n) is 81.5. The van der Waals surface area contributed by atoms with E-state index < -0.39 is 333 Å². The fourth-order valence-electron chi connectivity index (χ4n) is 12.8. The SMILES string of the molecule is CCC(C)C(NC(=O)C(C)NC(=O)CNC(=O)C(CCCCN)NC(=O)C(CC(N)=O)NC(=O)C(CO)NC(=O)CNC(=O)C(NC(=O)CCC(=O)O)C(C)C)C(=O)NC(C(=O)NCC(=O)NC(CC(C)C)C(=O)NC(CCSC)C(=O)NC(C(=O)NCC(=O)NCC(=O)NC(C(=O)NC(C(=O)NC(C(=O)NC(C)C(=O)NC(C(=O)O)C(C)O)C(C)CC)C(C)C)C(C)C)C(C)C)C(C)CC. The van der Waals surface area contributed by atoms with Gasteiger partial charge in [-0.15, -0.1) is 0 Å². The molecule has 0 bridgehead atoms. The number of thioether (sulfide) groups is 1. The monoisotopic (exact) mass is 1960 g/mol. The van der Waals surface area contributed by atoms with Gasteiger partial charge in [-0.05, 0) is 119 Å². The molecule has 19 unspecified atom stereocenters. The van der Waals surface area contributed by atoms with Crippen molar-refractivity contribution in [2.75, 3.05) is 57.9 Å². The van der Waals surface area contributed by atoms with Gasteiger partial charge in [-0.25, -0.2) is 4.79 Å². The molecule has 0 radical (unpaired) electrons. The molecule has 0 saturated heterocycles. The van der Waals surface area contributed by atoms with Crippen molar-refractivity contribution in [3.63, 3.8) is 0 Å². The molecule has 0 aliphatic heterocycles. The van der Waals surface area contributed by atoms with Gasteiger partial charge < -0.3 is 138 Å². The average Bonchev–Trinajstić information content (AvgIpc) is 0.852. The highest BCUT2D eigenvalue weighted by Gasteiger charge is 2.41. The number of aliphatic carboxylic acids is 2. The van der Waals surface area contributed by atoms with Gasteiger partial charge >= 0.3 is 11.9 Å². The normalized spacial score (nSPS) is 15.4. The lowest BCUT2D eigenvalue weighted by Crippen LogP contribution is -2.61. The van der Waals surface area contributed by atoms with Crippen LogP contribution in [0.4, 0.5) is 0 Å². The number of carboxylic acid groups (broad SMARTS) is 2. The van der Waals surface area contributed by atoms with Crippen molar-refractivity contribution in [2.45, 2.75) is 299 Å². The Morgan fingerprint density at radius 3 is 1.08 bits per heavy atom. The number of hydrogen-bond acceptors (Lipinski definition) is 27. The minimum atomic E-state index is -1.84. The summed E-state index contributed by atoms with van der Waals surface area (Å²) in [5.74, 6) is -25.8. The molecule has 0 aliphatic carbocycles. The van der Waals surface area contributed by atoms with E-state index in [-0.39, 0.29) is 38.1 Å². The van der Waals surface area contributed by atoms with Gasteiger partial charge in [0.2, 0.25) is 124 Å². The number of hydrogen-bond donors (Lipinski definition) is 26. The Balaban J connectivity index is 6.21. The Hall–Kier alpha value is -12.0. The van der Waals surface area contributed by atoms with E-state index in [9.17, 15) is 126 Å². The molecule has 0 aromatic rings. The number of unbranched alkanes of at least 4 members (excludes halogenated alkanes) is 1. The van der Waals surface area contributed by atoms with Gasteiger partial charge in [0.1, 0.15) is 84.6 Å². The van der Waals surface area contributed by atoms with E-state index in [1.807, 2.05) is 0 Å². The third kappa shape index (κ3) is 47.0. The Morgan fingerprint density at radius 1 is 0.316 bits per heavy atom. The van der Waals surface area contributed by atoms with Crippen LogP contribution in [0.5, 0.6) is 0 Å². The molecule has 28 N–H and O–H groups in total. The first-order chi connectivity index (χ1) is 63.5. The molecular formula is C86H150N22O27S. The summed E-state index contributed by atoms with van der Waals surface area (Å²) in [5.41, 5.74) is 11.1. The highest BCUT2D eigenvalue weighted by atomic mass is 32.2. The van der Waals surface area contributed by atoms with Crippen LogP contribution in [0.2, 0.25) is 0 Å². The first-order valence-electron chi connectivity index (χ1n) is 45.6. The first kappa shape index (κ1) is 124. The molecule has 19 atom stereocenters. The van der Waals surface area contributed by atoms with Crippen LogP contribution in [0.1, 0.15) is 202 Å². The van der Waals surface area contributed by atoms with Crippen molar-refractivity contribution in [2.24, 2.45) is 58.8 Å². The zero-order valence-corrected chi connectivity index (χ0v) is 82.3. The fourth-order valence-corrected chi connectivity index (χ4v) is 13.3. The largest absolute Gasteiger partial charge is 0.481 e. The Bertz CT molecular complexity index is 4060. The second-order valence-corrected chi connectivity index (χ2v) is 36.2. The van der Waals surface area contributed by atoms with Crippen LogP contribution in [-0.2, 0) is 110 Å². The topological polar surface area (TPSA) is 766 Å². The van der Waals surface area contributed by atoms with Gasteiger partial charge in [0.15, 0.2) is 6.04 Å². The fraction of sp³-hybridized carbons (Fsp3) is 0.733. The predicted molar refractivity (Wildman–Crippen MR) is 496 cm³/mol. The summed E-state index contributed by atoms with van der Waals surface area (Å²) in [6, 6.07) is -21.1. The summed E-state index contributed by atoms with van der Waals surface area (Å²) in [6.45, 7) is 25.4. The van der Waals surface area contributed by atoms with Gasteiger partial charge in [-0.2, -0.15) is 11.8 Å². The molecule has 50 heteroatoms. The molecule has 772 valence electrons. The van der Waals surface area contributed by atoms with Crippen LogP contribution < -0.4 is 118 Å². The maximum atomic E-state index is 14.3. The van der Waals surface area contributed by atoms with Crippen molar-refractivity contribution in [3.05, 3.63) is 0 Å². The average molecular weight is 1960 g/mol. The second-order valence-electron chi connectivity index (χ2n) is 35.3. The summed E-state index contributed by atoms with van der Waals surface area (Å²) < 4.78 is 0. The lowest BCUT2D eigenvalue weighted by atomic mass is 9.94. The van der Waals surface area contributed by atoms with E-state index >= 15 is 0 Å². The summed E-state index contributed by atoms with van der Waals surface area (Å²) >= 11 is 1.33. The number of carbonyl (C=O) groups is 23. The van der Waals surface area contributed by atoms with Crippen molar-refractivity contribution in [3.8, 4) is 0 Å². The van der Waals surface area contributed by atoms with Crippen molar-refractivity contribution in [1.82, 2.24) is 106 Å². The zero-order chi connectivity index (χ0) is 104. The summed E-state index contributed by atoms with van der Waals surface area (Å²) in [7, 11) is 0. The van der Waals surface area contributed by atoms with E-state index in [0.29, 0.717) is 31.4 Å². The van der Waals surface area contributed by atoms with Gasteiger partial charge in [-0.3, -0.25) is 105 Å². The molecule has 0 saturated carbocycles. The van der Waals surface area contributed by atoms with Crippen LogP contribution in [0, 0.1) is 47.3 Å². The van der Waals surface area contributed by atoms with E-state index in [2.05, 4.69) is 106 Å². The number of carboxylic acids is 2. The number of carbonyl (C=O) groups excluding carboxylic acids is 21. The number of nitrogens with two attached hydrogens (primary N) is 2. The molecule has 0 aromatic heterocycles. The highest BCUT2D eigenvalue weighted by Crippen LogP contribution is 2.18. The maximum Gasteiger partial charge on any atom is 0.328 e. The highest BCUT2D eigenvalue weighted by molar-refractivity contribution is 7.98. The third-order valence-corrected chi connectivity index (χ3v) is 22.4. The number of nitrogens with one attached hydrogen (secondary N) is 20. The molecule has 21 amide bonds. The molecule has 0 heterocycles. The molecule has 0 aliphatic rings. The summed E-state index contributed by atoms with van der Waals surface area (Å²) in [6.07, 6.45) is -0.142. The molecule has 49 nitrogen and oxygen atoms in total. The van der Waals surface area contributed by atoms with Crippen LogP contribution >= 0.6 is 11.8 Å². The Labute approximate surface area is 796 Å². The van der Waals surface area contributed by atoms with Gasteiger partial charge in [-0.1, -0.05) is 130 Å². The number of amides is 21. The van der Waals surface area contributed by atoms with E-state index in [0.717, 1.165) is 6.92 Å². The standard InChI is InChI=1S/C86H150N22O27S/c1-21-45(14)68(106-85(133)70(47(16)23-3)105-72(120)48(17)94-59(114)36-90-74(122)51(26-24-25-30-87)98-77(125)54(33-56(88)111)100-78(126)55(39-109)97-61(116)38-92-79(127)64(41(6)7)101-57(112)27-28-63(118)119)81(129)93-37-60(115)96-53(32-40(4)5)76(124)99-52(29-31-136-20)75(123)103-65(42(8)9)80(128)91-34-58(113)89-35-62(117)102-66(43(10)11)82(130)104-67(44(12)13)83(131)107-69(46(15)22-2)84(132)95-49(18)73(121)108-71(50(19)110)86(134)135/h40-55,64-71,109-110H,21-39,87H2,1-20H3,(H2,88,111)(H,89,113)(H,90,122)(H,91,128)(H,92,127)(H,93,129)(H,94,114)(H,95,132)(H,96,115)(H,97,116)(H,98,125)(H,99,124)(H,100,126)(H,101,112)(H,102,117)(H,103,123)(H,104,130)(H,105,120)(H,106,133)(H,107,131)(H,108,121)(H,118,119)(H,134,135). The number of primary amides is 1. The molecule has 0 spiro atoms. The van der Waals surface area contributed by atoms with Crippen LogP contribution in [0.3, 0.4) is 0 Å². The van der Waals surface area contributed by atoms with Gasteiger partial charge in [0.25, 0.3) is 0 Å². The van der Waals surface area contributed by atoms with Crippen LogP contribution in [0.25, 0.3) is 0 Å². The lowest BCUT2D eigenvalue weighted by molar-refractivity contribution is -0.145. The molecule has 0 rings (SSSR count). The van der Waals surface area contributed by atoms with Crippen molar-refractivity contribution in [1.29, 1.82) is 0 Å². The third-order valence-electron chi connectivity index (χ3n) is 21.7. The minimum absolute atomic E-state index is 0.0198. The van der Waals surface area contributed by atoms with Crippen LogP contribution in [-0.4, -0.2) is 311 Å². The Kier molecular flexibility index (Phi) is 58.5. The Morgan fingerprint density at radius 2 is 0.647 bits per heavy atom. The molecular weight excluding hydrogens is 1810 g/mol. The van der Waals surface area contributed by atoms with Gasteiger partial charge in [0.05, 0.1) is 58.3 Å². The molecule has 136 heavy (non-hydrogen) atoms. The minimum Gasteiger partial charge on any atom is -0.481 e. The maximum absolute atomic E-state index is 14.3. The van der Waals surface area contributed by atoms with E-state index in [1.165, 1.54) is 25.6 Å². The number of rotatable bonds is 66. The lowest BCUT2D eigenvalue weighted by Gasteiger charge is -2.30. The predicted octanol–water partition coefficient (Wildman–Crippen LogP) is -7.23. The first-order valence-corrected chi connectivity index (χ1v) is 47.0.